The van der Waals surface area contributed by atoms with Crippen LogP contribution in [0.3, 0.4) is 0 Å². The number of Topliss-reactive ketones (excluding diaryl/α,β-unsaturated/α-hetero) is 1. The number of hydrogen-bond donors (Lipinski definition) is 1. The number of fused-ring (bicyclic) bond motifs is 1. The number of ketones is 1. The third-order valence-electron chi connectivity index (χ3n) is 3.51. The van der Waals surface area contributed by atoms with Crippen molar-refractivity contribution in [2.75, 3.05) is 0 Å². The second-order valence-corrected chi connectivity index (χ2v) is 5.30. The Morgan fingerprint density at radius 1 is 1.37 bits per heavy atom. The number of primary amides is 1. The smallest absolute Gasteiger partial charge is 0.217 e. The van der Waals surface area contributed by atoms with Crippen LogP contribution < -0.4 is 10.5 Å². The van der Waals surface area contributed by atoms with Gasteiger partial charge in [-0.1, -0.05) is 26.0 Å². The first-order chi connectivity index (χ1) is 9.00. The number of benzene rings is 1. The van der Waals surface area contributed by atoms with Gasteiger partial charge in [0, 0.05) is 6.42 Å². The number of rotatable bonds is 4. The first kappa shape index (κ1) is 13.6. The summed E-state index contributed by atoms with van der Waals surface area (Å²) in [5, 5.41) is 0. The van der Waals surface area contributed by atoms with Gasteiger partial charge in [-0.25, -0.2) is 0 Å². The van der Waals surface area contributed by atoms with Gasteiger partial charge in [0.05, 0.1) is 11.5 Å². The van der Waals surface area contributed by atoms with Crippen molar-refractivity contribution in [2.45, 2.75) is 32.8 Å². The van der Waals surface area contributed by atoms with Crippen LogP contribution in [-0.4, -0.2) is 17.8 Å². The molecule has 1 aliphatic heterocycles. The van der Waals surface area contributed by atoms with E-state index in [-0.39, 0.29) is 36.1 Å². The maximum atomic E-state index is 12.5. The van der Waals surface area contributed by atoms with Crippen LogP contribution in [0.4, 0.5) is 0 Å². The largest absolute Gasteiger partial charge is 0.489 e. The van der Waals surface area contributed by atoms with Gasteiger partial charge in [-0.2, -0.15) is 0 Å². The average Bonchev–Trinajstić information content (AvgIpc) is 2.37. The number of para-hydroxylation sites is 1. The van der Waals surface area contributed by atoms with E-state index in [1.165, 1.54) is 0 Å². The molecule has 2 atom stereocenters. The molecule has 0 radical (unpaired) electrons. The van der Waals surface area contributed by atoms with E-state index < -0.39 is 0 Å². The molecule has 102 valence electrons. The Bertz CT molecular complexity index is 496. The molecule has 0 saturated carbocycles. The first-order valence-electron chi connectivity index (χ1n) is 6.59. The minimum absolute atomic E-state index is 0.0572. The fourth-order valence-electron chi connectivity index (χ4n) is 2.54. The standard InChI is InChI=1S/C15H19NO3/c1-9(2)15-11(7-8-13(16)17)14(18)10-5-3-4-6-12(10)19-15/h3-6,9,11,15H,7-8H2,1-2H3,(H2,16,17). The molecule has 0 saturated heterocycles. The van der Waals surface area contributed by atoms with Gasteiger partial charge in [-0.05, 0) is 24.5 Å². The molecule has 19 heavy (non-hydrogen) atoms. The Hall–Kier alpha value is -1.84. The molecule has 4 heteroatoms. The maximum Gasteiger partial charge on any atom is 0.217 e. The monoisotopic (exact) mass is 261 g/mol. The fourth-order valence-corrected chi connectivity index (χ4v) is 2.54. The van der Waals surface area contributed by atoms with E-state index in [0.717, 1.165) is 0 Å². The number of ether oxygens (including phenoxy) is 1. The molecule has 0 spiro atoms. The van der Waals surface area contributed by atoms with Crippen LogP contribution >= 0.6 is 0 Å². The van der Waals surface area contributed by atoms with Gasteiger partial charge in [-0.15, -0.1) is 0 Å². The van der Waals surface area contributed by atoms with Crippen LogP contribution in [0.5, 0.6) is 5.75 Å². The van der Waals surface area contributed by atoms with Crippen molar-refractivity contribution >= 4 is 11.7 Å². The predicted octanol–water partition coefficient (Wildman–Crippen LogP) is 2.17. The number of nitrogens with two attached hydrogens (primary N) is 1. The molecule has 0 aliphatic carbocycles. The lowest BCUT2D eigenvalue weighted by Crippen LogP contribution is -2.41. The summed E-state index contributed by atoms with van der Waals surface area (Å²) < 4.78 is 5.94. The van der Waals surface area contributed by atoms with Crippen molar-refractivity contribution in [3.05, 3.63) is 29.8 Å². The van der Waals surface area contributed by atoms with Crippen molar-refractivity contribution in [1.82, 2.24) is 0 Å². The summed E-state index contributed by atoms with van der Waals surface area (Å²) in [6, 6.07) is 7.26. The summed E-state index contributed by atoms with van der Waals surface area (Å²) in [5.41, 5.74) is 5.79. The third kappa shape index (κ3) is 2.78. The van der Waals surface area contributed by atoms with Crippen LogP contribution in [0.15, 0.2) is 24.3 Å². The van der Waals surface area contributed by atoms with E-state index in [4.69, 9.17) is 10.5 Å². The highest BCUT2D eigenvalue weighted by atomic mass is 16.5. The molecule has 0 fully saturated rings. The van der Waals surface area contributed by atoms with Crippen molar-refractivity contribution in [2.24, 2.45) is 17.6 Å². The van der Waals surface area contributed by atoms with Crippen LogP contribution in [0.25, 0.3) is 0 Å². The Morgan fingerprint density at radius 2 is 2.05 bits per heavy atom. The van der Waals surface area contributed by atoms with E-state index in [9.17, 15) is 9.59 Å². The van der Waals surface area contributed by atoms with E-state index in [1.54, 1.807) is 6.07 Å². The molecule has 1 amide bonds. The highest BCUT2D eigenvalue weighted by Crippen LogP contribution is 2.35. The highest BCUT2D eigenvalue weighted by molar-refractivity contribution is 6.01. The summed E-state index contributed by atoms with van der Waals surface area (Å²) >= 11 is 0. The zero-order valence-corrected chi connectivity index (χ0v) is 11.3. The summed E-state index contributed by atoms with van der Waals surface area (Å²) in [6.07, 6.45) is 0.470. The lowest BCUT2D eigenvalue weighted by Gasteiger charge is -2.34. The second-order valence-electron chi connectivity index (χ2n) is 5.30. The zero-order chi connectivity index (χ0) is 14.0. The predicted molar refractivity (Wildman–Crippen MR) is 71.9 cm³/mol. The molecule has 1 aliphatic rings. The molecule has 1 heterocycles. The van der Waals surface area contributed by atoms with Crippen LogP contribution in [-0.2, 0) is 4.79 Å². The second kappa shape index (κ2) is 5.43. The van der Waals surface area contributed by atoms with Gasteiger partial charge >= 0.3 is 0 Å². The Balaban J connectivity index is 2.29. The van der Waals surface area contributed by atoms with E-state index in [1.807, 2.05) is 32.0 Å². The highest BCUT2D eigenvalue weighted by Gasteiger charge is 2.38. The normalized spacial score (nSPS) is 21.9. The number of carbonyl (C=O) groups is 2. The molecule has 1 aromatic carbocycles. The fraction of sp³-hybridized carbons (Fsp3) is 0.467. The molecular formula is C15H19NO3. The summed E-state index contributed by atoms with van der Waals surface area (Å²) in [7, 11) is 0. The minimum atomic E-state index is -0.380. The van der Waals surface area contributed by atoms with E-state index in [0.29, 0.717) is 17.7 Å². The quantitative estimate of drug-likeness (QED) is 0.903. The van der Waals surface area contributed by atoms with Gasteiger partial charge < -0.3 is 10.5 Å². The van der Waals surface area contributed by atoms with Gasteiger partial charge in [0.25, 0.3) is 0 Å². The zero-order valence-electron chi connectivity index (χ0n) is 11.3. The van der Waals surface area contributed by atoms with Crippen LogP contribution in [0.1, 0.15) is 37.0 Å². The topological polar surface area (TPSA) is 69.4 Å². The average molecular weight is 261 g/mol. The lowest BCUT2D eigenvalue weighted by molar-refractivity contribution is -0.118. The minimum Gasteiger partial charge on any atom is -0.489 e. The molecule has 0 bridgehead atoms. The summed E-state index contributed by atoms with van der Waals surface area (Å²) in [5.74, 6) is 0.232. The maximum absolute atomic E-state index is 12.5. The van der Waals surface area contributed by atoms with Gasteiger partial charge in [0.2, 0.25) is 5.91 Å². The van der Waals surface area contributed by atoms with Gasteiger partial charge in [0.15, 0.2) is 5.78 Å². The number of amides is 1. The molecule has 2 N–H and O–H groups in total. The van der Waals surface area contributed by atoms with Gasteiger partial charge in [-0.3, -0.25) is 9.59 Å². The number of carbonyl (C=O) groups excluding carboxylic acids is 2. The van der Waals surface area contributed by atoms with Crippen molar-refractivity contribution < 1.29 is 14.3 Å². The van der Waals surface area contributed by atoms with E-state index in [2.05, 4.69) is 0 Å². The van der Waals surface area contributed by atoms with E-state index >= 15 is 0 Å². The molecule has 4 nitrogen and oxygen atoms in total. The lowest BCUT2D eigenvalue weighted by atomic mass is 9.81. The molecule has 2 unspecified atom stereocenters. The SMILES string of the molecule is CC(C)C1Oc2ccccc2C(=O)C1CCC(N)=O. The number of hydrogen-bond acceptors (Lipinski definition) is 3. The molecule has 0 aromatic heterocycles. The third-order valence-corrected chi connectivity index (χ3v) is 3.51. The Morgan fingerprint density at radius 3 is 2.68 bits per heavy atom. The summed E-state index contributed by atoms with van der Waals surface area (Å²) in [6.45, 7) is 4.03. The van der Waals surface area contributed by atoms with Crippen molar-refractivity contribution in [3.8, 4) is 5.75 Å². The van der Waals surface area contributed by atoms with Crippen LogP contribution in [0.2, 0.25) is 0 Å². The van der Waals surface area contributed by atoms with Crippen molar-refractivity contribution in [1.29, 1.82) is 0 Å². The van der Waals surface area contributed by atoms with Crippen LogP contribution in [0, 0.1) is 11.8 Å². The Kier molecular flexibility index (Phi) is 3.88. The summed E-state index contributed by atoms with van der Waals surface area (Å²) in [4.78, 5) is 23.5. The Labute approximate surface area is 112 Å². The first-order valence-corrected chi connectivity index (χ1v) is 6.59. The molecule has 1 aromatic rings. The van der Waals surface area contributed by atoms with Gasteiger partial charge in [0.1, 0.15) is 11.9 Å². The molecule has 2 rings (SSSR count). The molecular weight excluding hydrogens is 242 g/mol. The van der Waals surface area contributed by atoms with Crippen molar-refractivity contribution in [3.63, 3.8) is 0 Å².